The number of fused-ring (bicyclic) bond motifs is 1. The maximum Gasteiger partial charge on any atom is 0.449 e. The Kier molecular flexibility index (Phi) is 6.06. The highest BCUT2D eigenvalue weighted by Gasteiger charge is 2.38. The molecule has 164 valence electrons. The summed E-state index contributed by atoms with van der Waals surface area (Å²) >= 11 is 0. The number of alkyl halides is 3. The predicted octanol–water partition coefficient (Wildman–Crippen LogP) is 1.63. The normalized spacial score (nSPS) is 18.5. The molecule has 0 bridgehead atoms. The minimum absolute atomic E-state index is 0.0187. The van der Waals surface area contributed by atoms with Crippen LogP contribution in [0.4, 0.5) is 13.2 Å². The first-order valence-electron chi connectivity index (χ1n) is 9.20. The average molecular weight is 447 g/mol. The van der Waals surface area contributed by atoms with Gasteiger partial charge in [0.05, 0.1) is 22.5 Å². The molecule has 1 aromatic carbocycles. The molecule has 8 nitrogen and oxygen atoms in total. The molecule has 1 aliphatic heterocycles. The molecule has 1 atom stereocenters. The number of ether oxygens (including phenoxy) is 1. The van der Waals surface area contributed by atoms with Crippen molar-refractivity contribution >= 4 is 32.7 Å². The maximum absolute atomic E-state index is 13.3. The Balaban J connectivity index is 1.68. The minimum atomic E-state index is -4.78. The molecule has 2 aromatic rings. The van der Waals surface area contributed by atoms with E-state index >= 15 is 0 Å². The highest BCUT2D eigenvalue weighted by atomic mass is 32.2. The zero-order chi connectivity index (χ0) is 22.1. The van der Waals surface area contributed by atoms with Crippen molar-refractivity contribution in [3.05, 3.63) is 30.1 Å². The Labute approximate surface area is 170 Å². The van der Waals surface area contributed by atoms with Crippen LogP contribution in [0.25, 0.3) is 11.0 Å². The highest BCUT2D eigenvalue weighted by molar-refractivity contribution is 7.91. The molecule has 1 saturated heterocycles. The zero-order valence-electron chi connectivity index (χ0n) is 16.1. The van der Waals surface area contributed by atoms with E-state index in [0.717, 1.165) is 0 Å². The predicted molar refractivity (Wildman–Crippen MR) is 100 cm³/mol. The molecule has 0 spiro atoms. The molecule has 0 unspecified atom stereocenters. The summed E-state index contributed by atoms with van der Waals surface area (Å²) in [5.74, 6) is -3.05. The Morgan fingerprint density at radius 2 is 2.00 bits per heavy atom. The van der Waals surface area contributed by atoms with Gasteiger partial charge in [-0.05, 0) is 25.5 Å². The Morgan fingerprint density at radius 1 is 1.30 bits per heavy atom. The number of hydrogen-bond donors (Lipinski definition) is 0. The number of likely N-dealkylation sites (N-methyl/N-ethyl adjacent to an activating group) is 1. The fourth-order valence-corrected chi connectivity index (χ4v) is 5.24. The van der Waals surface area contributed by atoms with Crippen molar-refractivity contribution < 1.29 is 35.9 Å². The number of sulfone groups is 1. The number of imidazole rings is 1. The number of nitrogens with zero attached hydrogens (tertiary/aromatic N) is 3. The summed E-state index contributed by atoms with van der Waals surface area (Å²) in [4.78, 5) is 29.4. The van der Waals surface area contributed by atoms with Crippen LogP contribution in [-0.4, -0.2) is 65.4 Å². The number of rotatable bonds is 6. The summed E-state index contributed by atoms with van der Waals surface area (Å²) in [5, 5.41) is 0. The quantitative estimate of drug-likeness (QED) is 0.625. The van der Waals surface area contributed by atoms with Gasteiger partial charge in [0.2, 0.25) is 5.82 Å². The lowest BCUT2D eigenvalue weighted by Crippen LogP contribution is -2.43. The molecule has 12 heteroatoms. The van der Waals surface area contributed by atoms with Gasteiger partial charge in [-0.15, -0.1) is 0 Å². The molecule has 3 rings (SSSR count). The van der Waals surface area contributed by atoms with Crippen LogP contribution in [0.5, 0.6) is 0 Å². The monoisotopic (exact) mass is 447 g/mol. The second kappa shape index (κ2) is 8.25. The van der Waals surface area contributed by atoms with Gasteiger partial charge in [0.15, 0.2) is 16.4 Å². The first kappa shape index (κ1) is 22.1. The number of aromatic nitrogens is 2. The molecule has 1 fully saturated rings. The smallest absolute Gasteiger partial charge is 0.449 e. The van der Waals surface area contributed by atoms with Crippen molar-refractivity contribution in [2.24, 2.45) is 0 Å². The average Bonchev–Trinajstić information content (AvgIpc) is 3.21. The van der Waals surface area contributed by atoms with Crippen molar-refractivity contribution in [2.45, 2.75) is 32.1 Å². The van der Waals surface area contributed by atoms with E-state index in [0.29, 0.717) is 11.0 Å². The summed E-state index contributed by atoms with van der Waals surface area (Å²) in [5.41, 5.74) is 0.188. The minimum Gasteiger partial charge on any atom is -0.454 e. The van der Waals surface area contributed by atoms with Crippen LogP contribution in [0, 0.1) is 0 Å². The van der Waals surface area contributed by atoms with Gasteiger partial charge in [-0.2, -0.15) is 13.2 Å². The van der Waals surface area contributed by atoms with Gasteiger partial charge in [-0.1, -0.05) is 12.1 Å². The van der Waals surface area contributed by atoms with Gasteiger partial charge in [0.25, 0.3) is 5.91 Å². The molecule has 2 heterocycles. The van der Waals surface area contributed by atoms with Crippen molar-refractivity contribution in [3.8, 4) is 0 Å². The Morgan fingerprint density at radius 3 is 2.60 bits per heavy atom. The molecular weight excluding hydrogens is 427 g/mol. The standard InChI is InChI=1S/C18H20F3N3O5S/c1-2-23(12-7-8-30(27,28)11-12)15(25)10-29-16(26)9-24-14-6-4-3-5-13(14)22-17(24)18(19,20)21/h3-6,12H,2,7-11H2,1H3/t12-/m0/s1. The number of amides is 1. The van der Waals surface area contributed by atoms with Crippen LogP contribution >= 0.6 is 0 Å². The largest absolute Gasteiger partial charge is 0.454 e. The highest BCUT2D eigenvalue weighted by Crippen LogP contribution is 2.31. The van der Waals surface area contributed by atoms with E-state index in [-0.39, 0.29) is 29.1 Å². The van der Waals surface area contributed by atoms with Crippen LogP contribution in [0.3, 0.4) is 0 Å². The lowest BCUT2D eigenvalue weighted by molar-refractivity contribution is -0.155. The molecule has 0 radical (unpaired) electrons. The second-order valence-corrected chi connectivity index (χ2v) is 9.13. The SMILES string of the molecule is CCN(C(=O)COC(=O)Cn1c(C(F)(F)F)nc2ccccc21)[C@H]1CCS(=O)(=O)C1. The number of esters is 1. The molecule has 30 heavy (non-hydrogen) atoms. The van der Waals surface area contributed by atoms with Crippen LogP contribution < -0.4 is 0 Å². The Bertz CT molecular complexity index is 1060. The van der Waals surface area contributed by atoms with E-state index in [1.165, 1.54) is 29.2 Å². The van der Waals surface area contributed by atoms with Gasteiger partial charge in [0.1, 0.15) is 6.54 Å². The second-order valence-electron chi connectivity index (χ2n) is 6.91. The fourth-order valence-electron chi connectivity index (χ4n) is 3.51. The maximum atomic E-state index is 13.3. The number of para-hydroxylation sites is 2. The van der Waals surface area contributed by atoms with Gasteiger partial charge in [-0.3, -0.25) is 9.59 Å². The third kappa shape index (κ3) is 4.74. The van der Waals surface area contributed by atoms with E-state index in [1.807, 2.05) is 0 Å². The number of carbonyl (C=O) groups excluding carboxylic acids is 2. The Hall–Kier alpha value is -2.63. The third-order valence-electron chi connectivity index (χ3n) is 4.86. The molecule has 0 saturated carbocycles. The van der Waals surface area contributed by atoms with E-state index in [2.05, 4.69) is 4.98 Å². The zero-order valence-corrected chi connectivity index (χ0v) is 16.9. The van der Waals surface area contributed by atoms with E-state index in [4.69, 9.17) is 4.74 Å². The van der Waals surface area contributed by atoms with Crippen LogP contribution in [0.15, 0.2) is 24.3 Å². The molecular formula is C18H20F3N3O5S. The topological polar surface area (TPSA) is 98.6 Å². The van der Waals surface area contributed by atoms with Crippen LogP contribution in [0.1, 0.15) is 19.2 Å². The fraction of sp³-hybridized carbons (Fsp3) is 0.500. The lowest BCUT2D eigenvalue weighted by atomic mass is 10.2. The van der Waals surface area contributed by atoms with Crippen molar-refractivity contribution in [1.29, 1.82) is 0 Å². The number of carbonyl (C=O) groups is 2. The van der Waals surface area contributed by atoms with Crippen molar-refractivity contribution in [3.63, 3.8) is 0 Å². The van der Waals surface area contributed by atoms with Crippen molar-refractivity contribution in [2.75, 3.05) is 24.7 Å². The molecule has 1 amide bonds. The molecule has 1 aromatic heterocycles. The molecule has 1 aliphatic rings. The van der Waals surface area contributed by atoms with Crippen molar-refractivity contribution in [1.82, 2.24) is 14.5 Å². The number of halogens is 3. The number of hydrogen-bond acceptors (Lipinski definition) is 6. The number of benzene rings is 1. The summed E-state index contributed by atoms with van der Waals surface area (Å²) < 4.78 is 68.7. The third-order valence-corrected chi connectivity index (χ3v) is 6.61. The molecule has 0 aliphatic carbocycles. The van der Waals surface area contributed by atoms with Gasteiger partial charge in [0, 0.05) is 12.6 Å². The summed E-state index contributed by atoms with van der Waals surface area (Å²) in [6.45, 7) is 0.433. The van der Waals surface area contributed by atoms with E-state index in [9.17, 15) is 31.2 Å². The summed E-state index contributed by atoms with van der Waals surface area (Å²) in [6, 6.07) is 5.34. The lowest BCUT2D eigenvalue weighted by Gasteiger charge is -2.26. The van der Waals surface area contributed by atoms with Gasteiger partial charge >= 0.3 is 12.1 Å². The first-order chi connectivity index (χ1) is 14.0. The van der Waals surface area contributed by atoms with E-state index in [1.54, 1.807) is 6.92 Å². The van der Waals surface area contributed by atoms with Gasteiger partial charge in [-0.25, -0.2) is 13.4 Å². The van der Waals surface area contributed by atoms with Crippen LogP contribution in [0.2, 0.25) is 0 Å². The van der Waals surface area contributed by atoms with Crippen LogP contribution in [-0.2, 0) is 36.9 Å². The van der Waals surface area contributed by atoms with E-state index < -0.39 is 52.9 Å². The van der Waals surface area contributed by atoms with Gasteiger partial charge < -0.3 is 14.2 Å². The summed E-state index contributed by atoms with van der Waals surface area (Å²) in [7, 11) is -3.21. The first-order valence-corrected chi connectivity index (χ1v) is 11.0. The summed E-state index contributed by atoms with van der Waals surface area (Å²) in [6.07, 6.45) is -4.48. The molecule has 0 N–H and O–H groups in total.